The first-order valence-electron chi connectivity index (χ1n) is 6.18. The van der Waals surface area contributed by atoms with Crippen LogP contribution in [0.1, 0.15) is 11.4 Å². The van der Waals surface area contributed by atoms with Gasteiger partial charge in [-0.3, -0.25) is 4.98 Å². The first kappa shape index (κ1) is 16.9. The van der Waals surface area contributed by atoms with Crippen molar-refractivity contribution in [2.75, 3.05) is 26.4 Å². The van der Waals surface area contributed by atoms with Crippen LogP contribution in [0.25, 0.3) is 0 Å². The molecule has 0 bridgehead atoms. The standard InChI is InChI=1S/C12H20N2O6/c15-3-11(17)7-19-5-9-1-13-2-10(14-9)6-20-8-12(18)4-16/h1-2,11-12,15-18H,3-8H2/t11-,12-/m0/s1. The van der Waals surface area contributed by atoms with Gasteiger partial charge >= 0.3 is 0 Å². The van der Waals surface area contributed by atoms with Crippen molar-refractivity contribution >= 4 is 0 Å². The average Bonchev–Trinajstić information content (AvgIpc) is 2.47. The van der Waals surface area contributed by atoms with Crippen LogP contribution in [0.5, 0.6) is 0 Å². The summed E-state index contributed by atoms with van der Waals surface area (Å²) in [6.45, 7) is -0.350. The molecule has 0 saturated heterocycles. The highest BCUT2D eigenvalue weighted by Crippen LogP contribution is 2.01. The van der Waals surface area contributed by atoms with Crippen LogP contribution in [-0.2, 0) is 22.7 Å². The molecule has 1 heterocycles. The number of hydrogen-bond acceptors (Lipinski definition) is 8. The minimum Gasteiger partial charge on any atom is -0.394 e. The Morgan fingerprint density at radius 2 is 1.35 bits per heavy atom. The molecule has 0 radical (unpaired) electrons. The third-order valence-electron chi connectivity index (χ3n) is 2.28. The van der Waals surface area contributed by atoms with E-state index in [0.29, 0.717) is 11.4 Å². The SMILES string of the molecule is OC[C@H](O)COCc1cncc(COC[C@@H](O)CO)n1. The second-order valence-electron chi connectivity index (χ2n) is 4.20. The van der Waals surface area contributed by atoms with Gasteiger partial charge in [-0.2, -0.15) is 0 Å². The third-order valence-corrected chi connectivity index (χ3v) is 2.28. The molecule has 20 heavy (non-hydrogen) atoms. The zero-order valence-electron chi connectivity index (χ0n) is 11.1. The molecular formula is C12H20N2O6. The largest absolute Gasteiger partial charge is 0.394 e. The van der Waals surface area contributed by atoms with E-state index in [0.717, 1.165) is 0 Å². The van der Waals surface area contributed by atoms with E-state index in [1.54, 1.807) is 0 Å². The molecule has 1 aromatic heterocycles. The number of ether oxygens (including phenoxy) is 2. The molecule has 0 aromatic carbocycles. The Morgan fingerprint density at radius 1 is 0.900 bits per heavy atom. The zero-order chi connectivity index (χ0) is 14.8. The van der Waals surface area contributed by atoms with Crippen LogP contribution in [0.15, 0.2) is 12.4 Å². The summed E-state index contributed by atoms with van der Waals surface area (Å²) in [7, 11) is 0. The van der Waals surface area contributed by atoms with E-state index in [1.807, 2.05) is 0 Å². The second-order valence-corrected chi connectivity index (χ2v) is 4.20. The Balaban J connectivity index is 2.33. The van der Waals surface area contributed by atoms with Crippen molar-refractivity contribution < 1.29 is 29.9 Å². The van der Waals surface area contributed by atoms with Crippen molar-refractivity contribution in [3.8, 4) is 0 Å². The molecule has 8 heteroatoms. The maximum atomic E-state index is 9.11. The maximum Gasteiger partial charge on any atom is 0.100 e. The number of hydrogen-bond donors (Lipinski definition) is 4. The van der Waals surface area contributed by atoms with Crippen LogP contribution in [0, 0.1) is 0 Å². The Morgan fingerprint density at radius 3 is 1.75 bits per heavy atom. The van der Waals surface area contributed by atoms with Gasteiger partial charge in [-0.25, -0.2) is 4.98 Å². The summed E-state index contributed by atoms with van der Waals surface area (Å²) in [6, 6.07) is 0. The Bertz CT molecular complexity index is 347. The number of aliphatic hydroxyl groups is 4. The van der Waals surface area contributed by atoms with Crippen molar-refractivity contribution in [2.24, 2.45) is 0 Å². The molecule has 4 N–H and O–H groups in total. The van der Waals surface area contributed by atoms with E-state index < -0.39 is 12.2 Å². The van der Waals surface area contributed by atoms with Gasteiger partial charge in [0, 0.05) is 0 Å². The van der Waals surface area contributed by atoms with Crippen LogP contribution >= 0.6 is 0 Å². The summed E-state index contributed by atoms with van der Waals surface area (Å²) in [5, 5.41) is 35.5. The Kier molecular flexibility index (Phi) is 8.19. The van der Waals surface area contributed by atoms with Gasteiger partial charge in [0.25, 0.3) is 0 Å². The lowest BCUT2D eigenvalue weighted by Crippen LogP contribution is -2.20. The van der Waals surface area contributed by atoms with Crippen LogP contribution in [0.3, 0.4) is 0 Å². The van der Waals surface area contributed by atoms with E-state index in [4.69, 9.17) is 29.9 Å². The average molecular weight is 288 g/mol. The highest BCUT2D eigenvalue weighted by molar-refractivity contribution is 5.01. The quantitative estimate of drug-likeness (QED) is 0.398. The summed E-state index contributed by atoms with van der Waals surface area (Å²) in [4.78, 5) is 8.19. The van der Waals surface area contributed by atoms with Crippen molar-refractivity contribution in [1.82, 2.24) is 9.97 Å². The van der Waals surface area contributed by atoms with Crippen LogP contribution in [0.4, 0.5) is 0 Å². The second kappa shape index (κ2) is 9.70. The summed E-state index contributed by atoms with van der Waals surface area (Å²) in [6.07, 6.45) is 1.23. The Labute approximate surface area is 116 Å². The molecule has 0 aliphatic heterocycles. The molecule has 0 saturated carbocycles. The predicted octanol–water partition coefficient (Wildman–Crippen LogP) is -1.78. The molecule has 1 aromatic rings. The van der Waals surface area contributed by atoms with Gasteiger partial charge in [-0.05, 0) is 0 Å². The van der Waals surface area contributed by atoms with Gasteiger partial charge in [0.1, 0.15) is 12.2 Å². The predicted molar refractivity (Wildman–Crippen MR) is 67.5 cm³/mol. The summed E-state index contributed by atoms with van der Waals surface area (Å²) in [5.41, 5.74) is 1.14. The van der Waals surface area contributed by atoms with E-state index in [-0.39, 0.29) is 39.6 Å². The summed E-state index contributed by atoms with van der Waals surface area (Å²) >= 11 is 0. The maximum absolute atomic E-state index is 9.11. The van der Waals surface area contributed by atoms with Gasteiger partial charge < -0.3 is 29.9 Å². The molecule has 2 atom stereocenters. The van der Waals surface area contributed by atoms with Gasteiger partial charge in [-0.1, -0.05) is 0 Å². The molecule has 0 aliphatic rings. The molecule has 8 nitrogen and oxygen atoms in total. The van der Waals surface area contributed by atoms with E-state index in [2.05, 4.69) is 9.97 Å². The highest BCUT2D eigenvalue weighted by atomic mass is 16.5. The first-order chi connectivity index (χ1) is 9.65. The van der Waals surface area contributed by atoms with Gasteiger partial charge in [0.05, 0.1) is 63.4 Å². The van der Waals surface area contributed by atoms with E-state index in [9.17, 15) is 0 Å². The lowest BCUT2D eigenvalue weighted by molar-refractivity contribution is -0.00326. The fourth-order valence-corrected chi connectivity index (χ4v) is 1.30. The number of rotatable bonds is 10. The Hall–Kier alpha value is -1.16. The number of aromatic nitrogens is 2. The molecule has 0 unspecified atom stereocenters. The molecule has 0 spiro atoms. The zero-order valence-corrected chi connectivity index (χ0v) is 11.1. The minimum atomic E-state index is -0.908. The summed E-state index contributed by atoms with van der Waals surface area (Å²) < 4.78 is 10.3. The van der Waals surface area contributed by atoms with Crippen LogP contribution in [0.2, 0.25) is 0 Å². The van der Waals surface area contributed by atoms with Gasteiger partial charge in [-0.15, -0.1) is 0 Å². The van der Waals surface area contributed by atoms with Crippen LogP contribution in [-0.4, -0.2) is 69.0 Å². The van der Waals surface area contributed by atoms with Crippen molar-refractivity contribution in [3.63, 3.8) is 0 Å². The lowest BCUT2D eigenvalue weighted by atomic mass is 10.4. The monoisotopic (exact) mass is 288 g/mol. The molecule has 1 rings (SSSR count). The molecular weight excluding hydrogens is 268 g/mol. The number of nitrogens with zero attached hydrogens (tertiary/aromatic N) is 2. The van der Waals surface area contributed by atoms with Gasteiger partial charge in [0.2, 0.25) is 0 Å². The number of aliphatic hydroxyl groups excluding tert-OH is 4. The molecule has 114 valence electrons. The summed E-state index contributed by atoms with van der Waals surface area (Å²) in [5.74, 6) is 0. The van der Waals surface area contributed by atoms with E-state index in [1.165, 1.54) is 12.4 Å². The third kappa shape index (κ3) is 6.85. The fraction of sp³-hybridized carbons (Fsp3) is 0.667. The minimum absolute atomic E-state index is 0.0155. The fourth-order valence-electron chi connectivity index (χ4n) is 1.30. The molecule has 0 aliphatic carbocycles. The molecule has 0 amide bonds. The normalized spacial score (nSPS) is 14.2. The molecule has 0 fully saturated rings. The van der Waals surface area contributed by atoms with Crippen LogP contribution < -0.4 is 0 Å². The van der Waals surface area contributed by atoms with Crippen molar-refractivity contribution in [2.45, 2.75) is 25.4 Å². The van der Waals surface area contributed by atoms with Gasteiger partial charge in [0.15, 0.2) is 0 Å². The first-order valence-corrected chi connectivity index (χ1v) is 6.18. The van der Waals surface area contributed by atoms with Crippen molar-refractivity contribution in [1.29, 1.82) is 0 Å². The smallest absolute Gasteiger partial charge is 0.100 e. The highest BCUT2D eigenvalue weighted by Gasteiger charge is 2.05. The topological polar surface area (TPSA) is 125 Å². The van der Waals surface area contributed by atoms with Crippen molar-refractivity contribution in [3.05, 3.63) is 23.8 Å². The van der Waals surface area contributed by atoms with E-state index >= 15 is 0 Å². The lowest BCUT2D eigenvalue weighted by Gasteiger charge is -2.09.